The molecule has 0 aliphatic carbocycles. The number of thiazole rings is 1. The van der Waals surface area contributed by atoms with Gasteiger partial charge in [0.15, 0.2) is 4.96 Å². The van der Waals surface area contributed by atoms with Crippen LogP contribution < -0.4 is 10.6 Å². The van der Waals surface area contributed by atoms with E-state index in [9.17, 15) is 9.59 Å². The van der Waals surface area contributed by atoms with Crippen LogP contribution in [0.15, 0.2) is 103 Å². The highest BCUT2D eigenvalue weighted by molar-refractivity contribution is 7.15. The summed E-state index contributed by atoms with van der Waals surface area (Å²) in [6.07, 6.45) is 3.95. The van der Waals surface area contributed by atoms with Gasteiger partial charge in [0.25, 0.3) is 5.91 Å². The summed E-state index contributed by atoms with van der Waals surface area (Å²) in [5, 5.41) is 17.2. The highest BCUT2D eigenvalue weighted by Crippen LogP contribution is 2.35. The van der Waals surface area contributed by atoms with Crippen molar-refractivity contribution >= 4 is 45.4 Å². The predicted molar refractivity (Wildman–Crippen MR) is 198 cm³/mol. The molecule has 1 saturated heterocycles. The largest absolute Gasteiger partial charge is 0.394 e. The second-order valence-electron chi connectivity index (χ2n) is 12.1. The molecule has 4 heterocycles. The molecule has 2 amide bonds. The highest BCUT2D eigenvalue weighted by atomic mass is 32.1. The number of hydrogen-bond donors (Lipinski definition) is 3. The number of fused-ring (bicyclic) bond motifs is 1. The molecule has 1 fully saturated rings. The maximum absolute atomic E-state index is 13.4. The first-order valence-corrected chi connectivity index (χ1v) is 17.7. The first-order valence-electron chi connectivity index (χ1n) is 16.8. The lowest BCUT2D eigenvalue weighted by Gasteiger charge is -2.34. The first-order chi connectivity index (χ1) is 25.0. The van der Waals surface area contributed by atoms with Gasteiger partial charge in [-0.1, -0.05) is 48.5 Å². The maximum Gasteiger partial charge on any atom is 0.254 e. The van der Waals surface area contributed by atoms with Crippen LogP contribution in [0.4, 0.5) is 17.3 Å². The molecule has 12 nitrogen and oxygen atoms in total. The molecule has 0 saturated carbocycles. The Morgan fingerprint density at radius 3 is 2.55 bits per heavy atom. The van der Waals surface area contributed by atoms with Crippen LogP contribution >= 0.6 is 11.3 Å². The number of amides is 2. The zero-order valence-corrected chi connectivity index (χ0v) is 28.8. The number of benzene rings is 3. The van der Waals surface area contributed by atoms with Gasteiger partial charge in [-0.2, -0.15) is 0 Å². The Morgan fingerprint density at radius 1 is 0.882 bits per heavy atom. The number of nitrogens with zero attached hydrogens (tertiary/aromatic N) is 6. The Balaban J connectivity index is 1.06. The minimum Gasteiger partial charge on any atom is -0.394 e. The van der Waals surface area contributed by atoms with E-state index in [0.29, 0.717) is 54.9 Å². The summed E-state index contributed by atoms with van der Waals surface area (Å²) in [4.78, 5) is 45.5. The molecule has 3 N–H and O–H groups in total. The Hall–Kier alpha value is -5.47. The molecule has 13 heteroatoms. The van der Waals surface area contributed by atoms with E-state index in [-0.39, 0.29) is 24.8 Å². The summed E-state index contributed by atoms with van der Waals surface area (Å²) < 4.78 is 7.39. The van der Waals surface area contributed by atoms with Gasteiger partial charge in [0.05, 0.1) is 37.6 Å². The summed E-state index contributed by atoms with van der Waals surface area (Å²) in [6, 6.07) is 26.6. The average molecular weight is 703 g/mol. The molecule has 260 valence electrons. The van der Waals surface area contributed by atoms with E-state index in [1.54, 1.807) is 6.20 Å². The smallest absolute Gasteiger partial charge is 0.254 e. The Labute approximate surface area is 299 Å². The van der Waals surface area contributed by atoms with E-state index >= 15 is 0 Å². The number of rotatable bonds is 13. The van der Waals surface area contributed by atoms with Crippen molar-refractivity contribution in [1.82, 2.24) is 29.2 Å². The van der Waals surface area contributed by atoms with Crippen molar-refractivity contribution < 1.29 is 19.4 Å². The lowest BCUT2D eigenvalue weighted by Crippen LogP contribution is -2.49. The van der Waals surface area contributed by atoms with Gasteiger partial charge in [0, 0.05) is 73.0 Å². The summed E-state index contributed by atoms with van der Waals surface area (Å²) in [5.74, 6) is 0.264. The van der Waals surface area contributed by atoms with Crippen molar-refractivity contribution in [3.8, 4) is 22.6 Å². The van der Waals surface area contributed by atoms with Crippen molar-refractivity contribution in [2.45, 2.75) is 6.42 Å². The number of anilines is 3. The lowest BCUT2D eigenvalue weighted by atomic mass is 10.1. The summed E-state index contributed by atoms with van der Waals surface area (Å²) in [7, 11) is 0. The third kappa shape index (κ3) is 8.30. The Morgan fingerprint density at radius 2 is 1.71 bits per heavy atom. The standard InChI is InChI=1S/C38H38N8O4S/c47-20-22-50-21-18-44-14-16-45(17-15-44)36(49)29-9-5-11-31(26-29)41-37-39-13-12-32(42-37)35-34(43-38-46(35)19-23-51-38)28-8-4-10-30(25-28)40-33(48)24-27-6-2-1-3-7-27/h1-13,19,23,25-26,47H,14-18,20-22,24H2,(H,40,48)(H,39,41,42). The molecule has 0 radical (unpaired) electrons. The quantitative estimate of drug-likeness (QED) is 0.139. The van der Waals surface area contributed by atoms with Gasteiger partial charge in [-0.15, -0.1) is 11.3 Å². The monoisotopic (exact) mass is 702 g/mol. The molecule has 0 atom stereocenters. The molecule has 7 rings (SSSR count). The van der Waals surface area contributed by atoms with Gasteiger partial charge in [0.1, 0.15) is 5.69 Å². The number of piperazine rings is 1. The first kappa shape index (κ1) is 34.0. The van der Waals surface area contributed by atoms with E-state index in [0.717, 1.165) is 47.1 Å². The Bertz CT molecular complexity index is 2110. The third-order valence-corrected chi connectivity index (χ3v) is 9.36. The number of carbonyl (C=O) groups is 2. The van der Waals surface area contributed by atoms with E-state index in [1.807, 2.05) is 106 Å². The molecule has 0 spiro atoms. The van der Waals surface area contributed by atoms with Gasteiger partial charge in [0.2, 0.25) is 11.9 Å². The Kier molecular flexibility index (Phi) is 10.7. The number of ether oxygens (including phenoxy) is 1. The molecule has 51 heavy (non-hydrogen) atoms. The van der Waals surface area contributed by atoms with Crippen LogP contribution in [0.2, 0.25) is 0 Å². The van der Waals surface area contributed by atoms with Gasteiger partial charge in [-0.3, -0.25) is 18.9 Å². The molecule has 3 aromatic heterocycles. The maximum atomic E-state index is 13.4. The van der Waals surface area contributed by atoms with Crippen LogP contribution in [0, 0.1) is 0 Å². The van der Waals surface area contributed by atoms with Crippen LogP contribution in [0.5, 0.6) is 0 Å². The second kappa shape index (κ2) is 16.0. The molecule has 1 aliphatic heterocycles. The van der Waals surface area contributed by atoms with Crippen LogP contribution in [-0.2, 0) is 16.0 Å². The van der Waals surface area contributed by atoms with Gasteiger partial charge in [-0.25, -0.2) is 15.0 Å². The minimum atomic E-state index is -0.0963. The van der Waals surface area contributed by atoms with Crippen molar-refractivity contribution in [2.75, 3.05) is 63.2 Å². The molecule has 3 aromatic carbocycles. The topological polar surface area (TPSA) is 137 Å². The molecule has 0 bridgehead atoms. The van der Waals surface area contributed by atoms with Crippen molar-refractivity contribution in [3.05, 3.63) is 114 Å². The number of imidazole rings is 1. The molecule has 1 aliphatic rings. The van der Waals surface area contributed by atoms with Crippen molar-refractivity contribution in [3.63, 3.8) is 0 Å². The highest BCUT2D eigenvalue weighted by Gasteiger charge is 2.23. The number of aliphatic hydroxyl groups is 1. The van der Waals surface area contributed by atoms with E-state index in [2.05, 4.69) is 20.5 Å². The predicted octanol–water partition coefficient (Wildman–Crippen LogP) is 5.21. The molecule has 6 aromatic rings. The zero-order valence-electron chi connectivity index (χ0n) is 27.9. The number of aromatic nitrogens is 4. The number of aliphatic hydroxyl groups excluding tert-OH is 1. The molecular weight excluding hydrogens is 665 g/mol. The number of hydrogen-bond acceptors (Lipinski definition) is 10. The third-order valence-electron chi connectivity index (χ3n) is 8.60. The summed E-state index contributed by atoms with van der Waals surface area (Å²) >= 11 is 1.53. The van der Waals surface area contributed by atoms with E-state index in [1.165, 1.54) is 11.3 Å². The van der Waals surface area contributed by atoms with Crippen LogP contribution in [0.3, 0.4) is 0 Å². The normalized spacial score (nSPS) is 13.4. The SMILES string of the molecule is O=C(Cc1ccccc1)Nc1cccc(-c2nc3sccn3c2-c2ccnc(Nc3cccc(C(=O)N4CCN(CCOCCO)CC4)c3)n2)c1. The number of nitrogens with one attached hydrogen (secondary N) is 2. The van der Waals surface area contributed by atoms with Gasteiger partial charge >= 0.3 is 0 Å². The minimum absolute atomic E-state index is 0.0202. The fourth-order valence-electron chi connectivity index (χ4n) is 6.09. The summed E-state index contributed by atoms with van der Waals surface area (Å²) in [6.45, 7) is 4.51. The van der Waals surface area contributed by atoms with Crippen molar-refractivity contribution in [2.24, 2.45) is 0 Å². The van der Waals surface area contributed by atoms with Crippen LogP contribution in [-0.4, -0.2) is 98.6 Å². The number of carbonyl (C=O) groups excluding carboxylic acids is 2. The second-order valence-corrected chi connectivity index (χ2v) is 13.0. The average Bonchev–Trinajstić information content (AvgIpc) is 3.76. The van der Waals surface area contributed by atoms with E-state index in [4.69, 9.17) is 19.8 Å². The lowest BCUT2D eigenvalue weighted by molar-refractivity contribution is -0.115. The molecular formula is C38H38N8O4S. The zero-order chi connectivity index (χ0) is 35.0. The van der Waals surface area contributed by atoms with Gasteiger partial charge in [-0.05, 0) is 42.0 Å². The molecule has 0 unspecified atom stereocenters. The van der Waals surface area contributed by atoms with Gasteiger partial charge < -0.3 is 25.4 Å². The van der Waals surface area contributed by atoms with Crippen molar-refractivity contribution in [1.29, 1.82) is 0 Å². The summed E-state index contributed by atoms with van der Waals surface area (Å²) in [5.41, 5.74) is 5.95. The van der Waals surface area contributed by atoms with Crippen LogP contribution in [0.25, 0.3) is 27.6 Å². The fraction of sp³-hybridized carbons (Fsp3) is 0.237. The fourth-order valence-corrected chi connectivity index (χ4v) is 6.80. The van der Waals surface area contributed by atoms with Crippen LogP contribution in [0.1, 0.15) is 15.9 Å². The van der Waals surface area contributed by atoms with E-state index < -0.39 is 0 Å².